The lowest BCUT2D eigenvalue weighted by Gasteiger charge is -2.08. The van der Waals surface area contributed by atoms with Crippen LogP contribution in [-0.4, -0.2) is 22.7 Å². The summed E-state index contributed by atoms with van der Waals surface area (Å²) in [6.45, 7) is 1.49. The molecule has 0 aliphatic heterocycles. The summed E-state index contributed by atoms with van der Waals surface area (Å²) in [5.74, 6) is 0.648. The minimum Gasteiger partial charge on any atom is -0.497 e. The fourth-order valence-corrected chi connectivity index (χ4v) is 2.39. The molecule has 3 rings (SSSR count). The van der Waals surface area contributed by atoms with E-state index in [1.807, 2.05) is 36.4 Å². The zero-order valence-corrected chi connectivity index (χ0v) is 13.4. The molecule has 0 amide bonds. The Morgan fingerprint density at radius 1 is 1.12 bits per heavy atom. The Hall–Kier alpha value is -3.39. The summed E-state index contributed by atoms with van der Waals surface area (Å²) < 4.78 is 6.89. The van der Waals surface area contributed by atoms with Gasteiger partial charge in [0.15, 0.2) is 5.78 Å². The molecular weight excluding hydrogens is 302 g/mol. The number of hydrogen-bond donors (Lipinski definition) is 0. The van der Waals surface area contributed by atoms with E-state index in [-0.39, 0.29) is 5.78 Å². The molecule has 0 bridgehead atoms. The van der Waals surface area contributed by atoms with Crippen LogP contribution in [0.2, 0.25) is 0 Å². The summed E-state index contributed by atoms with van der Waals surface area (Å²) in [6.07, 6.45) is 0. The van der Waals surface area contributed by atoms with E-state index in [4.69, 9.17) is 10.00 Å². The van der Waals surface area contributed by atoms with Gasteiger partial charge in [0.1, 0.15) is 11.4 Å². The molecule has 0 aliphatic carbocycles. The van der Waals surface area contributed by atoms with Crippen LogP contribution in [0.4, 0.5) is 0 Å². The maximum absolute atomic E-state index is 11.7. The van der Waals surface area contributed by atoms with Crippen molar-refractivity contribution in [3.8, 4) is 28.8 Å². The summed E-state index contributed by atoms with van der Waals surface area (Å²) in [5.41, 5.74) is 3.47. The molecule has 0 unspecified atom stereocenters. The quantitative estimate of drug-likeness (QED) is 0.689. The maximum Gasteiger partial charge on any atom is 0.180 e. The summed E-state index contributed by atoms with van der Waals surface area (Å²) in [7, 11) is 1.61. The Kier molecular flexibility index (Phi) is 4.13. The number of ketones is 1. The van der Waals surface area contributed by atoms with Gasteiger partial charge in [-0.3, -0.25) is 4.79 Å². The molecule has 2 aromatic carbocycles. The number of methoxy groups -OCH3 is 1. The van der Waals surface area contributed by atoms with E-state index in [0.29, 0.717) is 11.3 Å². The van der Waals surface area contributed by atoms with E-state index < -0.39 is 0 Å². The van der Waals surface area contributed by atoms with Crippen molar-refractivity contribution in [3.63, 3.8) is 0 Å². The third-order valence-electron chi connectivity index (χ3n) is 3.70. The topological polar surface area (TPSA) is 67.9 Å². The Bertz CT molecular complexity index is 917. The highest BCUT2D eigenvalue weighted by Gasteiger charge is 2.14. The summed E-state index contributed by atoms with van der Waals surface area (Å²) in [5, 5.41) is 13.3. The zero-order chi connectivity index (χ0) is 17.1. The van der Waals surface area contributed by atoms with Gasteiger partial charge in [-0.05, 0) is 42.5 Å². The molecule has 0 spiro atoms. The minimum absolute atomic E-state index is 0.0999. The number of nitrogens with zero attached hydrogens (tertiary/aromatic N) is 3. The predicted octanol–water partition coefficient (Wildman–Crippen LogP) is 3.62. The first-order valence-electron chi connectivity index (χ1n) is 7.38. The number of benzene rings is 2. The van der Waals surface area contributed by atoms with Crippen LogP contribution in [0.3, 0.4) is 0 Å². The predicted molar refractivity (Wildman–Crippen MR) is 90.3 cm³/mol. The Balaban J connectivity index is 2.13. The van der Waals surface area contributed by atoms with Crippen molar-refractivity contribution in [2.75, 3.05) is 7.11 Å². The number of Topliss-reactive ketones (excluding diaryl/α,β-unsaturated/α-hetero) is 1. The van der Waals surface area contributed by atoms with Crippen molar-refractivity contribution in [1.82, 2.24) is 9.78 Å². The van der Waals surface area contributed by atoms with Crippen molar-refractivity contribution in [2.24, 2.45) is 0 Å². The lowest BCUT2D eigenvalue weighted by molar-refractivity contribution is 0.101. The maximum atomic E-state index is 11.7. The summed E-state index contributed by atoms with van der Waals surface area (Å²) in [4.78, 5) is 11.7. The molecule has 0 fully saturated rings. The van der Waals surface area contributed by atoms with Gasteiger partial charge in [0.25, 0.3) is 0 Å². The number of carbonyl (C=O) groups is 1. The number of carbonyl (C=O) groups excluding carboxylic acids is 1. The van der Waals surface area contributed by atoms with E-state index in [0.717, 1.165) is 22.7 Å². The Morgan fingerprint density at radius 2 is 1.79 bits per heavy atom. The van der Waals surface area contributed by atoms with Crippen LogP contribution in [0.25, 0.3) is 16.9 Å². The fraction of sp³-hybridized carbons (Fsp3) is 0.105. The van der Waals surface area contributed by atoms with E-state index in [1.54, 1.807) is 30.0 Å². The Morgan fingerprint density at radius 3 is 2.33 bits per heavy atom. The molecule has 5 heteroatoms. The SMILES string of the molecule is COc1ccc(-n2nc(C(C)=O)cc2-c2ccc(C#N)cc2)cc1. The number of nitriles is 1. The van der Waals surface area contributed by atoms with Gasteiger partial charge in [-0.1, -0.05) is 12.1 Å². The molecule has 0 N–H and O–H groups in total. The average molecular weight is 317 g/mol. The highest BCUT2D eigenvalue weighted by atomic mass is 16.5. The molecule has 24 heavy (non-hydrogen) atoms. The van der Waals surface area contributed by atoms with Gasteiger partial charge in [0.05, 0.1) is 30.1 Å². The lowest BCUT2D eigenvalue weighted by Crippen LogP contribution is -2.01. The largest absolute Gasteiger partial charge is 0.497 e. The monoisotopic (exact) mass is 317 g/mol. The molecule has 0 saturated heterocycles. The van der Waals surface area contributed by atoms with E-state index in [2.05, 4.69) is 11.2 Å². The van der Waals surface area contributed by atoms with Crippen LogP contribution >= 0.6 is 0 Å². The highest BCUT2D eigenvalue weighted by molar-refractivity contribution is 5.93. The van der Waals surface area contributed by atoms with Crippen LogP contribution in [0.5, 0.6) is 5.75 Å². The van der Waals surface area contributed by atoms with E-state index >= 15 is 0 Å². The first-order valence-corrected chi connectivity index (χ1v) is 7.38. The second-order valence-electron chi connectivity index (χ2n) is 5.27. The van der Waals surface area contributed by atoms with Crippen LogP contribution in [0.15, 0.2) is 54.6 Å². The molecular formula is C19H15N3O2. The van der Waals surface area contributed by atoms with E-state index in [1.165, 1.54) is 6.92 Å². The lowest BCUT2D eigenvalue weighted by atomic mass is 10.1. The third kappa shape index (κ3) is 2.90. The van der Waals surface area contributed by atoms with Crippen LogP contribution < -0.4 is 4.74 Å². The molecule has 0 aliphatic rings. The zero-order valence-electron chi connectivity index (χ0n) is 13.4. The molecule has 0 radical (unpaired) electrons. The minimum atomic E-state index is -0.0999. The number of rotatable bonds is 4. The normalized spacial score (nSPS) is 10.2. The van der Waals surface area contributed by atoms with Crippen molar-refractivity contribution in [1.29, 1.82) is 5.26 Å². The van der Waals surface area contributed by atoms with Gasteiger partial charge in [0, 0.05) is 12.5 Å². The molecule has 5 nitrogen and oxygen atoms in total. The van der Waals surface area contributed by atoms with Crippen molar-refractivity contribution in [3.05, 3.63) is 65.9 Å². The van der Waals surface area contributed by atoms with Gasteiger partial charge in [0.2, 0.25) is 0 Å². The van der Waals surface area contributed by atoms with Crippen LogP contribution in [-0.2, 0) is 0 Å². The van der Waals surface area contributed by atoms with Crippen LogP contribution in [0.1, 0.15) is 23.0 Å². The average Bonchev–Trinajstić information content (AvgIpc) is 3.07. The summed E-state index contributed by atoms with van der Waals surface area (Å²) in [6, 6.07) is 18.5. The molecule has 1 heterocycles. The molecule has 1 aromatic heterocycles. The highest BCUT2D eigenvalue weighted by Crippen LogP contribution is 2.25. The number of hydrogen-bond acceptors (Lipinski definition) is 4. The van der Waals surface area contributed by atoms with Gasteiger partial charge in [-0.2, -0.15) is 10.4 Å². The molecule has 3 aromatic rings. The first-order chi connectivity index (χ1) is 11.6. The summed E-state index contributed by atoms with van der Waals surface area (Å²) >= 11 is 0. The smallest absolute Gasteiger partial charge is 0.180 e. The third-order valence-corrected chi connectivity index (χ3v) is 3.70. The van der Waals surface area contributed by atoms with Crippen molar-refractivity contribution in [2.45, 2.75) is 6.92 Å². The molecule has 118 valence electrons. The van der Waals surface area contributed by atoms with Gasteiger partial charge < -0.3 is 4.74 Å². The standard InChI is InChI=1S/C19H15N3O2/c1-13(23)18-11-19(15-5-3-14(12-20)4-6-15)22(21-18)16-7-9-17(24-2)10-8-16/h3-11H,1-2H3. The first kappa shape index (κ1) is 15.5. The number of aromatic nitrogens is 2. The molecule has 0 atom stereocenters. The van der Waals surface area contributed by atoms with Crippen LogP contribution in [0, 0.1) is 11.3 Å². The second-order valence-corrected chi connectivity index (χ2v) is 5.27. The fourth-order valence-electron chi connectivity index (χ4n) is 2.39. The van der Waals surface area contributed by atoms with E-state index in [9.17, 15) is 4.79 Å². The van der Waals surface area contributed by atoms with Crippen molar-refractivity contribution >= 4 is 5.78 Å². The van der Waals surface area contributed by atoms with Gasteiger partial charge >= 0.3 is 0 Å². The second kappa shape index (κ2) is 6.39. The number of ether oxygens (including phenoxy) is 1. The van der Waals surface area contributed by atoms with Crippen molar-refractivity contribution < 1.29 is 9.53 Å². The Labute approximate surface area is 139 Å². The van der Waals surface area contributed by atoms with Gasteiger partial charge in [-0.25, -0.2) is 4.68 Å². The van der Waals surface area contributed by atoms with Gasteiger partial charge in [-0.15, -0.1) is 0 Å². The molecule has 0 saturated carbocycles.